The Kier molecular flexibility index (Phi) is 2.84. The molecule has 1 nitrogen and oxygen atoms in total. The summed E-state index contributed by atoms with van der Waals surface area (Å²) in [6.07, 6.45) is 6.95. The third-order valence-electron chi connectivity index (χ3n) is 1.76. The highest BCUT2D eigenvalue weighted by Gasteiger charge is 2.10. The fraction of sp³-hybridized carbons (Fsp3) is 1.00. The molecule has 2 heteroatoms. The molecule has 1 saturated carbocycles. The Bertz CT molecular complexity index is 64.1. The second-order valence-corrected chi connectivity index (χ2v) is 2.90. The van der Waals surface area contributed by atoms with Gasteiger partial charge in [-0.05, 0) is 12.8 Å². The van der Waals surface area contributed by atoms with E-state index in [9.17, 15) is 0 Å². The molecule has 0 aliphatic heterocycles. The lowest BCUT2D eigenvalue weighted by Crippen LogP contribution is -2.22. The van der Waals surface area contributed by atoms with E-state index >= 15 is 0 Å². The molecule has 0 aromatic rings. The molecule has 1 N–H and O–H groups in total. The largest absolute Gasteiger partial charge is 1.00 e. The maximum atomic E-state index is 3.26. The van der Waals surface area contributed by atoms with Crippen molar-refractivity contribution in [2.45, 2.75) is 38.1 Å². The molecule has 0 heterocycles. The molecule has 1 aliphatic carbocycles. The van der Waals surface area contributed by atoms with Crippen molar-refractivity contribution in [1.82, 2.24) is 4.34 Å². The summed E-state index contributed by atoms with van der Waals surface area (Å²) in [5, 5.41) is 0. The van der Waals surface area contributed by atoms with Crippen molar-refractivity contribution in [3.63, 3.8) is 0 Å². The number of nitrogens with one attached hydrogen (secondary N) is 1. The fourth-order valence-electron chi connectivity index (χ4n) is 1.21. The Morgan fingerprint density at radius 3 is 2.25 bits per heavy atom. The molecular weight excluding hydrogens is 166 g/mol. The van der Waals surface area contributed by atoms with Gasteiger partial charge in [0, 0.05) is 22.2 Å². The van der Waals surface area contributed by atoms with Crippen LogP contribution in [0.2, 0.25) is 0 Å². The number of hydrogen-bond acceptors (Lipinski definition) is 1. The molecule has 0 unspecified atom stereocenters. The first-order valence-electron chi connectivity index (χ1n) is 3.29. The zero-order valence-electron chi connectivity index (χ0n) is 5.99. The SMILES string of the molecule is BrNC1CCCCC1.[H+]. The third-order valence-corrected chi connectivity index (χ3v) is 2.41. The lowest BCUT2D eigenvalue weighted by Gasteiger charge is -2.18. The maximum Gasteiger partial charge on any atom is 1.00 e. The zero-order valence-corrected chi connectivity index (χ0v) is 6.58. The summed E-state index contributed by atoms with van der Waals surface area (Å²) in [5.41, 5.74) is 0. The molecule has 0 amide bonds. The number of hydrogen-bond donors (Lipinski definition) is 1. The average Bonchev–Trinajstić information content (AvgIpc) is 1.90. The van der Waals surface area contributed by atoms with Gasteiger partial charge in [0.2, 0.25) is 0 Å². The van der Waals surface area contributed by atoms with E-state index in [1.165, 1.54) is 32.1 Å². The fourth-order valence-corrected chi connectivity index (χ4v) is 1.67. The van der Waals surface area contributed by atoms with Crippen LogP contribution >= 0.6 is 16.1 Å². The molecule has 0 spiro atoms. The molecule has 1 fully saturated rings. The van der Waals surface area contributed by atoms with Crippen LogP contribution in [0, 0.1) is 0 Å². The normalized spacial score (nSPS) is 23.6. The minimum atomic E-state index is 0. The summed E-state index contributed by atoms with van der Waals surface area (Å²) in [7, 11) is 0. The molecule has 0 radical (unpaired) electrons. The minimum absolute atomic E-state index is 0. The third kappa shape index (κ3) is 1.75. The van der Waals surface area contributed by atoms with Crippen molar-refractivity contribution in [2.24, 2.45) is 0 Å². The van der Waals surface area contributed by atoms with Gasteiger partial charge in [0.05, 0.1) is 0 Å². The summed E-state index contributed by atoms with van der Waals surface area (Å²) in [6, 6.07) is 0.753. The second-order valence-electron chi connectivity index (χ2n) is 2.44. The van der Waals surface area contributed by atoms with Gasteiger partial charge in [-0.1, -0.05) is 19.3 Å². The van der Waals surface area contributed by atoms with Crippen LogP contribution in [0.1, 0.15) is 33.5 Å². The van der Waals surface area contributed by atoms with Gasteiger partial charge in [0.25, 0.3) is 0 Å². The molecule has 8 heavy (non-hydrogen) atoms. The second kappa shape index (κ2) is 3.46. The zero-order chi connectivity index (χ0) is 5.82. The van der Waals surface area contributed by atoms with Gasteiger partial charge < -0.3 is 0 Å². The molecule has 0 atom stereocenters. The summed E-state index contributed by atoms with van der Waals surface area (Å²) < 4.78 is 3.12. The van der Waals surface area contributed by atoms with E-state index in [2.05, 4.69) is 20.5 Å². The predicted molar refractivity (Wildman–Crippen MR) is 40.0 cm³/mol. The highest BCUT2D eigenvalue weighted by Crippen LogP contribution is 2.17. The van der Waals surface area contributed by atoms with E-state index in [-0.39, 0.29) is 1.43 Å². The van der Waals surface area contributed by atoms with Crippen LogP contribution in [0.4, 0.5) is 0 Å². The van der Waals surface area contributed by atoms with Crippen molar-refractivity contribution < 1.29 is 1.43 Å². The Labute approximate surface area is 60.7 Å². The summed E-state index contributed by atoms with van der Waals surface area (Å²) in [4.78, 5) is 0. The van der Waals surface area contributed by atoms with E-state index in [0.717, 1.165) is 6.04 Å². The lowest BCUT2D eigenvalue weighted by atomic mass is 9.97. The predicted octanol–water partition coefficient (Wildman–Crippen LogP) is 2.33. The highest BCUT2D eigenvalue weighted by atomic mass is 79.9. The van der Waals surface area contributed by atoms with Gasteiger partial charge in [-0.2, -0.15) is 0 Å². The molecule has 0 aromatic heterocycles. The van der Waals surface area contributed by atoms with Crippen molar-refractivity contribution in [3.05, 3.63) is 0 Å². The summed E-state index contributed by atoms with van der Waals surface area (Å²) in [6.45, 7) is 0. The van der Waals surface area contributed by atoms with E-state index in [0.29, 0.717) is 0 Å². The highest BCUT2D eigenvalue weighted by molar-refractivity contribution is 9.08. The Balaban J connectivity index is 0.000000640. The van der Waals surface area contributed by atoms with Crippen LogP contribution < -0.4 is 4.34 Å². The number of rotatable bonds is 1. The van der Waals surface area contributed by atoms with Crippen LogP contribution in [0.25, 0.3) is 0 Å². The summed E-state index contributed by atoms with van der Waals surface area (Å²) >= 11 is 3.26. The molecule has 48 valence electrons. The van der Waals surface area contributed by atoms with Crippen molar-refractivity contribution in [1.29, 1.82) is 0 Å². The molecular formula is C6H13BrN+. The van der Waals surface area contributed by atoms with Gasteiger partial charge >= 0.3 is 1.43 Å². The van der Waals surface area contributed by atoms with Crippen LogP contribution in [-0.2, 0) is 0 Å². The monoisotopic (exact) mass is 178 g/mol. The molecule has 1 rings (SSSR count). The van der Waals surface area contributed by atoms with Gasteiger partial charge in [0.1, 0.15) is 0 Å². The van der Waals surface area contributed by atoms with Gasteiger partial charge in [-0.3, -0.25) is 4.34 Å². The van der Waals surface area contributed by atoms with Crippen LogP contribution in [0.15, 0.2) is 0 Å². The quantitative estimate of drug-likeness (QED) is 0.609. The molecule has 0 aromatic carbocycles. The first-order chi connectivity index (χ1) is 3.93. The van der Waals surface area contributed by atoms with Crippen molar-refractivity contribution in [2.75, 3.05) is 0 Å². The lowest BCUT2D eigenvalue weighted by molar-refractivity contribution is 0.426. The van der Waals surface area contributed by atoms with Crippen LogP contribution in [0.3, 0.4) is 0 Å². The first-order valence-corrected chi connectivity index (χ1v) is 4.09. The Morgan fingerprint density at radius 1 is 1.25 bits per heavy atom. The van der Waals surface area contributed by atoms with E-state index in [1.807, 2.05) is 0 Å². The average molecular weight is 179 g/mol. The Hall–Kier alpha value is 0.440. The van der Waals surface area contributed by atoms with Crippen molar-refractivity contribution >= 4 is 16.1 Å². The van der Waals surface area contributed by atoms with Crippen molar-refractivity contribution in [3.8, 4) is 0 Å². The van der Waals surface area contributed by atoms with Gasteiger partial charge in [0.15, 0.2) is 0 Å². The molecule has 0 saturated heterocycles. The topological polar surface area (TPSA) is 12.0 Å². The minimum Gasteiger partial charge on any atom is -0.253 e. The molecule has 1 aliphatic rings. The Morgan fingerprint density at radius 2 is 1.88 bits per heavy atom. The summed E-state index contributed by atoms with van der Waals surface area (Å²) in [5.74, 6) is 0. The van der Waals surface area contributed by atoms with E-state index in [1.54, 1.807) is 0 Å². The van der Waals surface area contributed by atoms with Gasteiger partial charge in [-0.15, -0.1) is 0 Å². The molecule has 0 bridgehead atoms. The smallest absolute Gasteiger partial charge is 0.253 e. The van der Waals surface area contributed by atoms with Crippen LogP contribution in [-0.4, -0.2) is 6.04 Å². The number of halogens is 1. The standard InChI is InChI=1S/C6H12BrN/c7-8-6-4-2-1-3-5-6/h6,8H,1-5H2/p+1. The first kappa shape index (κ1) is 6.56. The van der Waals surface area contributed by atoms with Gasteiger partial charge in [-0.25, -0.2) is 0 Å². The van der Waals surface area contributed by atoms with E-state index < -0.39 is 0 Å². The van der Waals surface area contributed by atoms with E-state index in [4.69, 9.17) is 0 Å². The maximum absolute atomic E-state index is 3.26. The van der Waals surface area contributed by atoms with Crippen LogP contribution in [0.5, 0.6) is 0 Å².